The number of likely N-dealkylation sites (tertiary alicyclic amines) is 1. The molecule has 1 aliphatic heterocycles. The van der Waals surface area contributed by atoms with E-state index in [9.17, 15) is 9.90 Å². The maximum absolute atomic E-state index is 13.1. The summed E-state index contributed by atoms with van der Waals surface area (Å²) < 4.78 is 5.78. The minimum absolute atomic E-state index is 0.0486. The van der Waals surface area contributed by atoms with Crippen LogP contribution in [0.15, 0.2) is 60.7 Å². The van der Waals surface area contributed by atoms with Gasteiger partial charge >= 0.3 is 5.97 Å². The van der Waals surface area contributed by atoms with Crippen molar-refractivity contribution in [2.45, 2.75) is 37.8 Å². The first-order valence-corrected chi connectivity index (χ1v) is 11.4. The fourth-order valence-electron chi connectivity index (χ4n) is 5.79. The van der Waals surface area contributed by atoms with E-state index in [1.807, 2.05) is 30.3 Å². The Balaban J connectivity index is 1.17. The number of carbonyl (C=O) groups is 1. The zero-order valence-corrected chi connectivity index (χ0v) is 17.5. The average molecular weight is 406 g/mol. The molecule has 5 rings (SSSR count). The molecule has 2 aliphatic carbocycles. The van der Waals surface area contributed by atoms with Crippen molar-refractivity contribution in [1.29, 1.82) is 0 Å². The van der Waals surface area contributed by atoms with E-state index >= 15 is 0 Å². The molecular weight excluding hydrogens is 374 g/mol. The Morgan fingerprint density at radius 2 is 1.57 bits per heavy atom. The lowest BCUT2D eigenvalue weighted by Crippen LogP contribution is -2.43. The largest absolute Gasteiger partial charge is 0.463 e. The molecule has 158 valence electrons. The smallest absolute Gasteiger partial charge is 0.343 e. The molecule has 4 nitrogen and oxygen atoms in total. The Hall–Kier alpha value is -2.17. The lowest BCUT2D eigenvalue weighted by atomic mass is 9.80. The molecule has 1 saturated heterocycles. The quantitative estimate of drug-likeness (QED) is 0.708. The summed E-state index contributed by atoms with van der Waals surface area (Å²) in [4.78, 5) is 15.6. The molecule has 3 unspecified atom stereocenters. The van der Waals surface area contributed by atoms with E-state index in [4.69, 9.17) is 4.74 Å². The summed E-state index contributed by atoms with van der Waals surface area (Å²) in [7, 11) is 0. The lowest BCUT2D eigenvalue weighted by Gasteiger charge is -2.32. The van der Waals surface area contributed by atoms with Gasteiger partial charge in [-0.2, -0.15) is 0 Å². The van der Waals surface area contributed by atoms with Crippen molar-refractivity contribution in [2.75, 3.05) is 19.7 Å². The Morgan fingerprint density at radius 1 is 0.967 bits per heavy atom. The molecule has 3 aliphatic rings. The molecule has 1 heterocycles. The maximum Gasteiger partial charge on any atom is 0.343 e. The van der Waals surface area contributed by atoms with Crippen molar-refractivity contribution in [3.63, 3.8) is 0 Å². The van der Waals surface area contributed by atoms with Crippen LogP contribution in [0.25, 0.3) is 0 Å². The van der Waals surface area contributed by atoms with Crippen molar-refractivity contribution in [1.82, 2.24) is 4.90 Å². The zero-order chi connectivity index (χ0) is 20.6. The maximum atomic E-state index is 13.1. The van der Waals surface area contributed by atoms with Crippen molar-refractivity contribution < 1.29 is 14.6 Å². The number of aliphatic hydroxyl groups is 1. The van der Waals surface area contributed by atoms with E-state index in [1.54, 1.807) is 0 Å². The van der Waals surface area contributed by atoms with Gasteiger partial charge in [0.1, 0.15) is 0 Å². The number of carbonyl (C=O) groups excluding carboxylic acids is 1. The first kappa shape index (κ1) is 19.8. The minimum Gasteiger partial charge on any atom is -0.463 e. The third-order valence-corrected chi connectivity index (χ3v) is 7.57. The standard InChI is InChI=1S/C26H31NO3/c28-25(26(29,21-13-7-8-14-21)20-11-5-2-6-12-20)30-18-24-22-16-27(17-23(22)24)15-19-9-3-1-4-10-19/h1-6,9-12,21-24,29H,7-8,13-18H2. The number of hydrogen-bond acceptors (Lipinski definition) is 4. The van der Waals surface area contributed by atoms with Crippen LogP contribution in [0.3, 0.4) is 0 Å². The monoisotopic (exact) mass is 405 g/mol. The van der Waals surface area contributed by atoms with Crippen molar-refractivity contribution >= 4 is 5.97 Å². The molecule has 0 spiro atoms. The van der Waals surface area contributed by atoms with Gasteiger partial charge in [-0.1, -0.05) is 73.5 Å². The lowest BCUT2D eigenvalue weighted by molar-refractivity contribution is -0.174. The first-order valence-electron chi connectivity index (χ1n) is 11.4. The number of rotatable bonds is 7. The highest BCUT2D eigenvalue weighted by atomic mass is 16.6. The Kier molecular flexibility index (Phi) is 5.38. The molecule has 3 fully saturated rings. The van der Waals surface area contributed by atoms with E-state index < -0.39 is 11.6 Å². The highest BCUT2D eigenvalue weighted by molar-refractivity contribution is 5.81. The van der Waals surface area contributed by atoms with Gasteiger partial charge in [-0.15, -0.1) is 0 Å². The van der Waals surface area contributed by atoms with Crippen LogP contribution in [0.2, 0.25) is 0 Å². The molecule has 2 aromatic carbocycles. The topological polar surface area (TPSA) is 49.8 Å². The highest BCUT2D eigenvalue weighted by Gasteiger charge is 2.56. The van der Waals surface area contributed by atoms with Crippen LogP contribution in [-0.4, -0.2) is 35.7 Å². The average Bonchev–Trinajstić information content (AvgIpc) is 3.17. The number of hydrogen-bond donors (Lipinski definition) is 1. The number of benzene rings is 2. The van der Waals surface area contributed by atoms with Crippen LogP contribution in [-0.2, 0) is 21.7 Å². The second kappa shape index (κ2) is 8.16. The van der Waals surface area contributed by atoms with Crippen LogP contribution in [0.4, 0.5) is 0 Å². The van der Waals surface area contributed by atoms with Gasteiger partial charge in [0.25, 0.3) is 0 Å². The second-order valence-corrected chi connectivity index (χ2v) is 9.38. The van der Waals surface area contributed by atoms with Crippen molar-refractivity contribution in [2.24, 2.45) is 23.7 Å². The Labute approximate surface area is 178 Å². The van der Waals surface area contributed by atoms with Gasteiger partial charge < -0.3 is 9.84 Å². The van der Waals surface area contributed by atoms with E-state index in [-0.39, 0.29) is 5.92 Å². The SMILES string of the molecule is O=C(OCC1C2CN(Cc3ccccc3)CC12)C(O)(c1ccccc1)C1CCCC1. The minimum atomic E-state index is -1.51. The predicted octanol–water partition coefficient (Wildman–Crippen LogP) is 3.99. The molecule has 30 heavy (non-hydrogen) atoms. The van der Waals surface area contributed by atoms with Gasteiger partial charge in [0.2, 0.25) is 0 Å². The van der Waals surface area contributed by atoms with Crippen LogP contribution in [0.1, 0.15) is 36.8 Å². The molecular formula is C26H31NO3. The first-order chi connectivity index (χ1) is 14.7. The number of piperidine rings is 1. The molecule has 4 heteroatoms. The van der Waals surface area contributed by atoms with Gasteiger partial charge in [-0.05, 0) is 35.8 Å². The fraction of sp³-hybridized carbons (Fsp3) is 0.500. The summed E-state index contributed by atoms with van der Waals surface area (Å²) >= 11 is 0. The van der Waals surface area contributed by atoms with E-state index in [0.717, 1.165) is 45.3 Å². The van der Waals surface area contributed by atoms with E-state index in [1.165, 1.54) is 5.56 Å². The molecule has 3 atom stereocenters. The summed E-state index contributed by atoms with van der Waals surface area (Å²) in [5.74, 6) is 1.19. The molecule has 0 amide bonds. The van der Waals surface area contributed by atoms with Crippen LogP contribution in [0, 0.1) is 23.7 Å². The third kappa shape index (κ3) is 3.67. The molecule has 0 bridgehead atoms. The van der Waals surface area contributed by atoms with Gasteiger partial charge in [0, 0.05) is 31.5 Å². The normalized spacial score (nSPS) is 28.1. The summed E-state index contributed by atoms with van der Waals surface area (Å²) in [5.41, 5.74) is 0.513. The number of esters is 1. The van der Waals surface area contributed by atoms with Crippen molar-refractivity contribution in [3.05, 3.63) is 71.8 Å². The third-order valence-electron chi connectivity index (χ3n) is 7.57. The Bertz CT molecular complexity index is 852. The Morgan fingerprint density at radius 3 is 2.20 bits per heavy atom. The molecule has 0 aromatic heterocycles. The number of fused-ring (bicyclic) bond motifs is 1. The highest BCUT2D eigenvalue weighted by Crippen LogP contribution is 2.52. The van der Waals surface area contributed by atoms with Crippen molar-refractivity contribution in [3.8, 4) is 0 Å². The van der Waals surface area contributed by atoms with Gasteiger partial charge in [-0.25, -0.2) is 4.79 Å². The second-order valence-electron chi connectivity index (χ2n) is 9.38. The molecule has 1 N–H and O–H groups in total. The summed E-state index contributed by atoms with van der Waals surface area (Å²) in [6, 6.07) is 20.0. The van der Waals surface area contributed by atoms with Crippen LogP contribution >= 0.6 is 0 Å². The van der Waals surface area contributed by atoms with Gasteiger partial charge in [-0.3, -0.25) is 4.90 Å². The number of nitrogens with zero attached hydrogens (tertiary/aromatic N) is 1. The molecule has 2 aromatic rings. The molecule has 2 saturated carbocycles. The number of ether oxygens (including phenoxy) is 1. The summed E-state index contributed by atoms with van der Waals surface area (Å²) in [5, 5.41) is 11.5. The van der Waals surface area contributed by atoms with E-state index in [2.05, 4.69) is 35.2 Å². The molecule has 0 radical (unpaired) electrons. The zero-order valence-electron chi connectivity index (χ0n) is 17.5. The van der Waals surface area contributed by atoms with E-state index in [0.29, 0.717) is 29.9 Å². The fourth-order valence-corrected chi connectivity index (χ4v) is 5.79. The van der Waals surface area contributed by atoms with Gasteiger partial charge in [0.15, 0.2) is 5.60 Å². The summed E-state index contributed by atoms with van der Waals surface area (Å²) in [6.07, 6.45) is 3.89. The van der Waals surface area contributed by atoms with Crippen LogP contribution < -0.4 is 0 Å². The van der Waals surface area contributed by atoms with Gasteiger partial charge in [0.05, 0.1) is 6.61 Å². The predicted molar refractivity (Wildman–Crippen MR) is 115 cm³/mol. The summed E-state index contributed by atoms with van der Waals surface area (Å²) in [6.45, 7) is 3.59. The van der Waals surface area contributed by atoms with Crippen LogP contribution in [0.5, 0.6) is 0 Å².